The number of aldehydes is 1. The summed E-state index contributed by atoms with van der Waals surface area (Å²) >= 11 is 0. The molecule has 17 heavy (non-hydrogen) atoms. The molecule has 0 N–H and O–H groups in total. The molecule has 0 bridgehead atoms. The first kappa shape index (κ1) is 11.4. The predicted octanol–water partition coefficient (Wildman–Crippen LogP) is 2.12. The molecule has 0 spiro atoms. The van der Waals surface area contributed by atoms with Gasteiger partial charge >= 0.3 is 0 Å². The summed E-state index contributed by atoms with van der Waals surface area (Å²) in [5, 5.41) is 4.19. The van der Waals surface area contributed by atoms with Gasteiger partial charge in [-0.3, -0.25) is 9.48 Å². The summed E-state index contributed by atoms with van der Waals surface area (Å²) in [5.41, 5.74) is 2.29. The lowest BCUT2D eigenvalue weighted by Gasteiger charge is -2.07. The van der Waals surface area contributed by atoms with Crippen molar-refractivity contribution in [3.05, 3.63) is 47.3 Å². The number of carbonyl (C=O) groups is 1. The van der Waals surface area contributed by atoms with Gasteiger partial charge < -0.3 is 4.74 Å². The average molecular weight is 230 g/mol. The number of hydrogen-bond acceptors (Lipinski definition) is 3. The predicted molar refractivity (Wildman–Crippen MR) is 64.1 cm³/mol. The van der Waals surface area contributed by atoms with Crippen molar-refractivity contribution in [1.82, 2.24) is 9.78 Å². The molecule has 0 atom stereocenters. The van der Waals surface area contributed by atoms with E-state index in [2.05, 4.69) is 5.10 Å². The van der Waals surface area contributed by atoms with Gasteiger partial charge in [0.05, 0.1) is 5.56 Å². The van der Waals surface area contributed by atoms with Crippen LogP contribution in [0.25, 0.3) is 0 Å². The lowest BCUT2D eigenvalue weighted by molar-refractivity contribution is 0.112. The molecule has 1 aromatic heterocycles. The second kappa shape index (κ2) is 4.82. The summed E-state index contributed by atoms with van der Waals surface area (Å²) in [6.45, 7) is 2.29. The topological polar surface area (TPSA) is 44.1 Å². The van der Waals surface area contributed by atoms with Gasteiger partial charge in [0.25, 0.3) is 0 Å². The maximum atomic E-state index is 10.8. The number of benzene rings is 1. The van der Waals surface area contributed by atoms with E-state index in [9.17, 15) is 4.79 Å². The Morgan fingerprint density at radius 1 is 1.41 bits per heavy atom. The van der Waals surface area contributed by atoms with Crippen LogP contribution in [0.3, 0.4) is 0 Å². The molecular weight excluding hydrogens is 216 g/mol. The first-order valence-corrected chi connectivity index (χ1v) is 5.37. The summed E-state index contributed by atoms with van der Waals surface area (Å²) in [7, 11) is 1.78. The molecule has 0 radical (unpaired) electrons. The molecule has 0 saturated heterocycles. The van der Waals surface area contributed by atoms with Gasteiger partial charge in [-0.2, -0.15) is 5.10 Å². The van der Waals surface area contributed by atoms with E-state index in [1.54, 1.807) is 17.9 Å². The number of ether oxygens (including phenoxy) is 1. The van der Waals surface area contributed by atoms with Gasteiger partial charge in [-0.15, -0.1) is 0 Å². The van der Waals surface area contributed by atoms with Crippen LogP contribution in [0.4, 0.5) is 0 Å². The smallest absolute Gasteiger partial charge is 0.153 e. The minimum Gasteiger partial charge on any atom is -0.487 e. The second-order valence-electron chi connectivity index (χ2n) is 3.88. The fourth-order valence-corrected chi connectivity index (χ4v) is 1.63. The Bertz CT molecular complexity index is 532. The zero-order valence-electron chi connectivity index (χ0n) is 9.88. The van der Waals surface area contributed by atoms with Crippen molar-refractivity contribution >= 4 is 6.29 Å². The van der Waals surface area contributed by atoms with Gasteiger partial charge in [-0.25, -0.2) is 0 Å². The van der Waals surface area contributed by atoms with Crippen LogP contribution in [0.5, 0.6) is 5.75 Å². The molecule has 0 aliphatic heterocycles. The van der Waals surface area contributed by atoms with Crippen LogP contribution in [0, 0.1) is 6.92 Å². The van der Waals surface area contributed by atoms with Crippen LogP contribution in [0.15, 0.2) is 30.5 Å². The van der Waals surface area contributed by atoms with Gasteiger partial charge in [0.15, 0.2) is 6.29 Å². The summed E-state index contributed by atoms with van der Waals surface area (Å²) in [6, 6.07) is 7.76. The SMILES string of the molecule is Cc1ccccc1OCc1nn(C)cc1C=O. The van der Waals surface area contributed by atoms with Crippen LogP contribution < -0.4 is 4.74 Å². The third-order valence-corrected chi connectivity index (χ3v) is 2.52. The van der Waals surface area contributed by atoms with Gasteiger partial charge in [-0.05, 0) is 18.6 Å². The minimum atomic E-state index is 0.305. The Balaban J connectivity index is 2.12. The van der Waals surface area contributed by atoms with Crippen LogP contribution in [-0.2, 0) is 13.7 Å². The van der Waals surface area contributed by atoms with E-state index in [0.717, 1.165) is 17.6 Å². The normalized spacial score (nSPS) is 10.2. The highest BCUT2D eigenvalue weighted by Crippen LogP contribution is 2.18. The van der Waals surface area contributed by atoms with Crippen molar-refractivity contribution in [2.45, 2.75) is 13.5 Å². The summed E-state index contributed by atoms with van der Waals surface area (Å²) in [6.07, 6.45) is 2.48. The van der Waals surface area contributed by atoms with Crippen LogP contribution >= 0.6 is 0 Å². The zero-order chi connectivity index (χ0) is 12.3. The highest BCUT2D eigenvalue weighted by atomic mass is 16.5. The Labute approximate surface area is 99.8 Å². The Hall–Kier alpha value is -2.10. The molecule has 0 saturated carbocycles. The number of aryl methyl sites for hydroxylation is 2. The standard InChI is InChI=1S/C13H14N2O2/c1-10-5-3-4-6-13(10)17-9-12-11(8-16)7-15(2)14-12/h3-8H,9H2,1-2H3. The molecule has 2 rings (SSSR count). The van der Waals surface area contributed by atoms with E-state index < -0.39 is 0 Å². The van der Waals surface area contributed by atoms with Crippen molar-refractivity contribution < 1.29 is 9.53 Å². The summed E-state index contributed by atoms with van der Waals surface area (Å²) < 4.78 is 7.26. The maximum Gasteiger partial charge on any atom is 0.153 e. The molecule has 0 aliphatic rings. The van der Waals surface area contributed by atoms with Gasteiger partial charge in [-0.1, -0.05) is 18.2 Å². The average Bonchev–Trinajstić information content (AvgIpc) is 2.69. The van der Waals surface area contributed by atoms with Crippen LogP contribution in [0.2, 0.25) is 0 Å². The number of aromatic nitrogens is 2. The zero-order valence-corrected chi connectivity index (χ0v) is 9.88. The largest absolute Gasteiger partial charge is 0.487 e. The van der Waals surface area contributed by atoms with Crippen molar-refractivity contribution in [3.8, 4) is 5.75 Å². The van der Waals surface area contributed by atoms with E-state index in [-0.39, 0.29) is 0 Å². The molecule has 0 fully saturated rings. The highest BCUT2D eigenvalue weighted by Gasteiger charge is 2.08. The Kier molecular flexibility index (Phi) is 3.23. The van der Waals surface area contributed by atoms with Crippen LogP contribution in [0.1, 0.15) is 21.6 Å². The van der Waals surface area contributed by atoms with Crippen molar-refractivity contribution in [2.24, 2.45) is 7.05 Å². The lowest BCUT2D eigenvalue weighted by atomic mass is 10.2. The fraction of sp³-hybridized carbons (Fsp3) is 0.231. The quantitative estimate of drug-likeness (QED) is 0.756. The molecular formula is C13H14N2O2. The number of nitrogens with zero attached hydrogens (tertiary/aromatic N) is 2. The first-order chi connectivity index (χ1) is 8.20. The lowest BCUT2D eigenvalue weighted by Crippen LogP contribution is -2.00. The van der Waals surface area contributed by atoms with Gasteiger partial charge in [0, 0.05) is 13.2 Å². The fourth-order valence-electron chi connectivity index (χ4n) is 1.63. The number of hydrogen-bond donors (Lipinski definition) is 0. The Morgan fingerprint density at radius 3 is 2.88 bits per heavy atom. The maximum absolute atomic E-state index is 10.8. The summed E-state index contributed by atoms with van der Waals surface area (Å²) in [5.74, 6) is 0.815. The van der Waals surface area contributed by atoms with E-state index in [0.29, 0.717) is 17.9 Å². The molecule has 0 unspecified atom stereocenters. The molecule has 88 valence electrons. The molecule has 0 amide bonds. The van der Waals surface area contributed by atoms with Crippen molar-refractivity contribution in [2.75, 3.05) is 0 Å². The third kappa shape index (κ3) is 2.53. The van der Waals surface area contributed by atoms with E-state index in [4.69, 9.17) is 4.74 Å². The molecule has 0 aliphatic carbocycles. The van der Waals surface area contributed by atoms with Gasteiger partial charge in [0.2, 0.25) is 0 Å². The third-order valence-electron chi connectivity index (χ3n) is 2.52. The van der Waals surface area contributed by atoms with Crippen molar-refractivity contribution in [3.63, 3.8) is 0 Å². The molecule has 4 nitrogen and oxygen atoms in total. The van der Waals surface area contributed by atoms with E-state index in [1.807, 2.05) is 31.2 Å². The monoisotopic (exact) mass is 230 g/mol. The number of para-hydroxylation sites is 1. The van der Waals surface area contributed by atoms with E-state index >= 15 is 0 Å². The minimum absolute atomic E-state index is 0.305. The molecule has 1 heterocycles. The summed E-state index contributed by atoms with van der Waals surface area (Å²) in [4.78, 5) is 10.8. The molecule has 1 aromatic carbocycles. The van der Waals surface area contributed by atoms with E-state index in [1.165, 1.54) is 0 Å². The number of carbonyl (C=O) groups excluding carboxylic acids is 1. The second-order valence-corrected chi connectivity index (χ2v) is 3.88. The Morgan fingerprint density at radius 2 is 2.18 bits per heavy atom. The number of rotatable bonds is 4. The van der Waals surface area contributed by atoms with Crippen LogP contribution in [-0.4, -0.2) is 16.1 Å². The highest BCUT2D eigenvalue weighted by molar-refractivity contribution is 5.75. The molecule has 4 heteroatoms. The first-order valence-electron chi connectivity index (χ1n) is 5.37. The van der Waals surface area contributed by atoms with Gasteiger partial charge in [0.1, 0.15) is 18.1 Å². The molecule has 2 aromatic rings. The van der Waals surface area contributed by atoms with Crippen molar-refractivity contribution in [1.29, 1.82) is 0 Å².